The molecule has 1 saturated heterocycles. The van der Waals surface area contributed by atoms with Crippen LogP contribution in [-0.2, 0) is 14.3 Å². The lowest BCUT2D eigenvalue weighted by Gasteiger charge is -2.36. The summed E-state index contributed by atoms with van der Waals surface area (Å²) in [6.07, 6.45) is 9.42. The van der Waals surface area contributed by atoms with Crippen molar-refractivity contribution in [2.45, 2.75) is 115 Å². The first-order valence-electron chi connectivity index (χ1n) is 9.70. The summed E-state index contributed by atoms with van der Waals surface area (Å²) in [6, 6.07) is 0. The number of hydrogen-bond donors (Lipinski definition) is 2. The molecule has 24 heavy (non-hydrogen) atoms. The number of ether oxygens (including phenoxy) is 2. The van der Waals surface area contributed by atoms with E-state index in [0.29, 0.717) is 6.42 Å². The molecule has 0 aromatic rings. The number of unbranched alkanes of at least 4 members (excludes halogenated alkanes) is 8. The lowest BCUT2D eigenvalue weighted by Crippen LogP contribution is -2.48. The molecule has 1 rings (SSSR count). The van der Waals surface area contributed by atoms with Crippen LogP contribution in [-0.4, -0.2) is 47.2 Å². The molecule has 0 radical (unpaired) electrons. The smallest absolute Gasteiger partial charge is 0.184 e. The summed E-state index contributed by atoms with van der Waals surface area (Å²) >= 11 is 0. The summed E-state index contributed by atoms with van der Waals surface area (Å²) in [4.78, 5) is 11.2. The summed E-state index contributed by atoms with van der Waals surface area (Å²) in [5, 5.41) is 19.5. The second-order valence-electron chi connectivity index (χ2n) is 7.01. The Morgan fingerprint density at radius 2 is 1.62 bits per heavy atom. The van der Waals surface area contributed by atoms with Crippen LogP contribution in [0.3, 0.4) is 0 Å². The van der Waals surface area contributed by atoms with E-state index in [9.17, 15) is 15.0 Å². The van der Waals surface area contributed by atoms with E-state index in [-0.39, 0.29) is 6.42 Å². The molecule has 142 valence electrons. The van der Waals surface area contributed by atoms with Crippen LogP contribution in [0.5, 0.6) is 0 Å². The number of hydrogen-bond acceptors (Lipinski definition) is 5. The largest absolute Gasteiger partial charge is 0.390 e. The van der Waals surface area contributed by atoms with Crippen LogP contribution in [0.25, 0.3) is 0 Å². The minimum absolute atomic E-state index is 0.218. The Labute approximate surface area is 146 Å². The molecule has 0 aromatic carbocycles. The quantitative estimate of drug-likeness (QED) is 0.396. The van der Waals surface area contributed by atoms with Crippen molar-refractivity contribution < 1.29 is 24.5 Å². The third-order valence-corrected chi connectivity index (χ3v) is 4.74. The molecular formula is C19H36O5. The number of carbonyl (C=O) groups excluding carboxylic acids is 1. The van der Waals surface area contributed by atoms with Crippen molar-refractivity contribution in [2.24, 2.45) is 0 Å². The van der Waals surface area contributed by atoms with Crippen LogP contribution in [0, 0.1) is 0 Å². The van der Waals surface area contributed by atoms with E-state index < -0.39 is 30.7 Å². The average molecular weight is 344 g/mol. The summed E-state index contributed by atoms with van der Waals surface area (Å²) in [5.74, 6) is 0. The maximum atomic E-state index is 11.2. The van der Waals surface area contributed by atoms with Gasteiger partial charge in [0.25, 0.3) is 0 Å². The normalized spacial score (nSPS) is 28.7. The van der Waals surface area contributed by atoms with Crippen LogP contribution in [0.2, 0.25) is 0 Å². The number of aliphatic hydroxyl groups excluding tert-OH is 2. The van der Waals surface area contributed by atoms with Crippen LogP contribution >= 0.6 is 0 Å². The zero-order chi connectivity index (χ0) is 17.8. The highest BCUT2D eigenvalue weighted by Gasteiger charge is 2.35. The Morgan fingerprint density at radius 1 is 1.04 bits per heavy atom. The Balaban J connectivity index is 2.11. The Hall–Kier alpha value is -0.490. The van der Waals surface area contributed by atoms with Gasteiger partial charge in [0.05, 0.1) is 12.2 Å². The number of aldehydes is 1. The Morgan fingerprint density at radius 3 is 2.21 bits per heavy atom. The van der Waals surface area contributed by atoms with Crippen molar-refractivity contribution in [1.82, 2.24) is 0 Å². The maximum absolute atomic E-state index is 11.2. The molecule has 1 aliphatic rings. The highest BCUT2D eigenvalue weighted by Crippen LogP contribution is 2.23. The first kappa shape index (κ1) is 21.6. The monoisotopic (exact) mass is 344 g/mol. The zero-order valence-electron chi connectivity index (χ0n) is 15.4. The molecule has 0 spiro atoms. The van der Waals surface area contributed by atoms with Gasteiger partial charge < -0.3 is 24.5 Å². The summed E-state index contributed by atoms with van der Waals surface area (Å²) < 4.78 is 11.0. The number of carbonyl (C=O) groups is 1. The zero-order valence-corrected chi connectivity index (χ0v) is 15.4. The number of rotatable bonds is 13. The molecule has 5 nitrogen and oxygen atoms in total. The molecule has 0 aromatic heterocycles. The fourth-order valence-corrected chi connectivity index (χ4v) is 3.06. The van der Waals surface area contributed by atoms with Gasteiger partial charge in [-0.3, -0.25) is 0 Å². The predicted molar refractivity (Wildman–Crippen MR) is 93.7 cm³/mol. The van der Waals surface area contributed by atoms with Crippen molar-refractivity contribution in [1.29, 1.82) is 0 Å². The van der Waals surface area contributed by atoms with E-state index in [4.69, 9.17) is 9.47 Å². The van der Waals surface area contributed by atoms with Crippen molar-refractivity contribution in [3.8, 4) is 0 Å². The van der Waals surface area contributed by atoms with Crippen molar-refractivity contribution >= 4 is 6.29 Å². The van der Waals surface area contributed by atoms with Gasteiger partial charge in [-0.2, -0.15) is 0 Å². The molecule has 5 atom stereocenters. The molecular weight excluding hydrogens is 308 g/mol. The van der Waals surface area contributed by atoms with Crippen LogP contribution in [0.15, 0.2) is 0 Å². The van der Waals surface area contributed by atoms with Gasteiger partial charge in [0.15, 0.2) is 6.29 Å². The van der Waals surface area contributed by atoms with E-state index in [1.54, 1.807) is 6.92 Å². The topological polar surface area (TPSA) is 76.0 Å². The van der Waals surface area contributed by atoms with Gasteiger partial charge in [-0.25, -0.2) is 0 Å². The Kier molecular flexibility index (Phi) is 11.5. The van der Waals surface area contributed by atoms with Crippen molar-refractivity contribution in [3.05, 3.63) is 0 Å². The van der Waals surface area contributed by atoms with E-state index in [1.165, 1.54) is 44.9 Å². The fourth-order valence-electron chi connectivity index (χ4n) is 3.06. The molecule has 5 heteroatoms. The highest BCUT2D eigenvalue weighted by atomic mass is 16.7. The van der Waals surface area contributed by atoms with Crippen LogP contribution in [0.1, 0.15) is 84.5 Å². The van der Waals surface area contributed by atoms with Crippen LogP contribution in [0.4, 0.5) is 0 Å². The van der Waals surface area contributed by atoms with Gasteiger partial charge in [0.1, 0.15) is 18.5 Å². The Bertz CT molecular complexity index is 323. The number of aliphatic hydroxyl groups is 2. The molecule has 0 bridgehead atoms. The van der Waals surface area contributed by atoms with E-state index in [1.807, 2.05) is 0 Å². The third kappa shape index (κ3) is 8.56. The van der Waals surface area contributed by atoms with Gasteiger partial charge in [-0.15, -0.1) is 0 Å². The van der Waals surface area contributed by atoms with E-state index >= 15 is 0 Å². The van der Waals surface area contributed by atoms with E-state index in [2.05, 4.69) is 6.92 Å². The summed E-state index contributed by atoms with van der Waals surface area (Å²) in [6.45, 7) is 3.97. The van der Waals surface area contributed by atoms with Crippen molar-refractivity contribution in [2.75, 3.05) is 0 Å². The lowest BCUT2D eigenvalue weighted by molar-refractivity contribution is -0.271. The molecule has 1 fully saturated rings. The molecule has 0 unspecified atom stereocenters. The highest BCUT2D eigenvalue weighted by molar-refractivity contribution is 5.55. The summed E-state index contributed by atoms with van der Waals surface area (Å²) in [7, 11) is 0. The molecule has 0 amide bonds. The van der Waals surface area contributed by atoms with Gasteiger partial charge >= 0.3 is 0 Å². The minimum Gasteiger partial charge on any atom is -0.390 e. The molecule has 0 saturated carbocycles. The molecule has 1 heterocycles. The minimum atomic E-state index is -0.887. The lowest BCUT2D eigenvalue weighted by atomic mass is 10.0. The third-order valence-electron chi connectivity index (χ3n) is 4.74. The maximum Gasteiger partial charge on any atom is 0.184 e. The first-order chi connectivity index (χ1) is 11.6. The SMILES string of the molecule is CCCCCCCCCCC[C@H](C=O)O[C@@H]1O[C@@H](C)[C@H](O)C[C@H]1O. The fraction of sp³-hybridized carbons (Fsp3) is 0.947. The van der Waals surface area contributed by atoms with Gasteiger partial charge in [0.2, 0.25) is 0 Å². The predicted octanol–water partition coefficient (Wildman–Crippen LogP) is 3.35. The first-order valence-corrected chi connectivity index (χ1v) is 9.70. The van der Waals surface area contributed by atoms with Gasteiger partial charge in [-0.1, -0.05) is 64.7 Å². The standard InChI is InChI=1S/C19H36O5/c1-3-4-5-6-7-8-9-10-11-12-16(14-20)24-19-18(22)13-17(21)15(2)23-19/h14-19,21-22H,3-13H2,1-2H3/t15-,16+,17+,18+,19-/m0/s1. The second kappa shape index (κ2) is 12.8. The van der Waals surface area contributed by atoms with Crippen molar-refractivity contribution in [3.63, 3.8) is 0 Å². The average Bonchev–Trinajstić information content (AvgIpc) is 2.56. The molecule has 1 aliphatic heterocycles. The molecule has 0 aliphatic carbocycles. The van der Waals surface area contributed by atoms with Gasteiger partial charge in [-0.05, 0) is 13.3 Å². The summed E-state index contributed by atoms with van der Waals surface area (Å²) in [5.41, 5.74) is 0. The van der Waals surface area contributed by atoms with Crippen LogP contribution < -0.4 is 0 Å². The van der Waals surface area contributed by atoms with E-state index in [0.717, 1.165) is 19.1 Å². The van der Waals surface area contributed by atoms with Gasteiger partial charge in [0, 0.05) is 6.42 Å². The molecule has 2 N–H and O–H groups in total. The second-order valence-corrected chi connectivity index (χ2v) is 7.01.